The highest BCUT2D eigenvalue weighted by Gasteiger charge is 2.24. The number of nitrogens with one attached hydrogen (secondary N) is 1. The van der Waals surface area contributed by atoms with Crippen LogP contribution in [0.3, 0.4) is 0 Å². The van der Waals surface area contributed by atoms with Crippen LogP contribution in [-0.4, -0.2) is 21.2 Å². The van der Waals surface area contributed by atoms with Crippen LogP contribution < -0.4 is 5.32 Å². The van der Waals surface area contributed by atoms with Crippen molar-refractivity contribution in [2.45, 2.75) is 32.2 Å². The molecule has 6 heteroatoms. The summed E-state index contributed by atoms with van der Waals surface area (Å²) in [6.45, 7) is 2.22. The Morgan fingerprint density at radius 3 is 2.73 bits per heavy atom. The highest BCUT2D eigenvalue weighted by Crippen LogP contribution is 2.29. The van der Waals surface area contributed by atoms with Gasteiger partial charge < -0.3 is 5.32 Å². The fourth-order valence-electron chi connectivity index (χ4n) is 1.92. The van der Waals surface area contributed by atoms with E-state index < -0.39 is 0 Å². The molecular weight excluding hydrogens is 235 g/mol. The summed E-state index contributed by atoms with van der Waals surface area (Å²) < 4.78 is 0. The number of aromatic nitrogens is 3. The van der Waals surface area contributed by atoms with Crippen molar-refractivity contribution >= 4 is 29.0 Å². The number of anilines is 1. The van der Waals surface area contributed by atoms with Gasteiger partial charge in [-0.1, -0.05) is 24.9 Å². The van der Waals surface area contributed by atoms with Gasteiger partial charge in [0.25, 0.3) is 0 Å². The highest BCUT2D eigenvalue weighted by atomic mass is 35.5. The average molecular weight is 247 g/mol. The van der Waals surface area contributed by atoms with Crippen molar-refractivity contribution in [3.63, 3.8) is 0 Å². The Labute approximate surface area is 98.4 Å². The molecule has 2 atom stereocenters. The second-order valence-corrected chi connectivity index (χ2v) is 4.58. The van der Waals surface area contributed by atoms with Crippen molar-refractivity contribution < 1.29 is 0 Å². The molecule has 0 aliphatic heterocycles. The summed E-state index contributed by atoms with van der Waals surface area (Å²) in [7, 11) is 0. The van der Waals surface area contributed by atoms with Gasteiger partial charge in [-0.15, -0.1) is 10.2 Å². The van der Waals surface area contributed by atoms with Gasteiger partial charge in [0.1, 0.15) is 0 Å². The van der Waals surface area contributed by atoms with Crippen molar-refractivity contribution in [2.75, 3.05) is 5.32 Å². The molecule has 1 aliphatic carbocycles. The second-order valence-electron chi connectivity index (χ2n) is 3.88. The van der Waals surface area contributed by atoms with E-state index in [2.05, 4.69) is 27.4 Å². The fourth-order valence-corrected chi connectivity index (χ4v) is 2.18. The predicted molar refractivity (Wildman–Crippen MR) is 60.3 cm³/mol. The molecule has 0 amide bonds. The average Bonchev–Trinajstić information content (AvgIpc) is 2.58. The summed E-state index contributed by atoms with van der Waals surface area (Å²) in [5, 5.41) is 10.9. The van der Waals surface area contributed by atoms with Crippen LogP contribution in [0.5, 0.6) is 0 Å². The maximum Gasteiger partial charge on any atom is 0.245 e. The lowest BCUT2D eigenvalue weighted by atomic mass is 10.1. The third-order valence-electron chi connectivity index (χ3n) is 2.80. The minimum absolute atomic E-state index is 0.118. The summed E-state index contributed by atoms with van der Waals surface area (Å²) in [6, 6.07) is 0.412. The molecule has 0 bridgehead atoms. The van der Waals surface area contributed by atoms with Crippen LogP contribution in [0.4, 0.5) is 5.82 Å². The maximum absolute atomic E-state index is 5.87. The Hall–Kier alpha value is -0.610. The van der Waals surface area contributed by atoms with Gasteiger partial charge in [-0.05, 0) is 30.4 Å². The molecule has 0 radical (unpaired) electrons. The van der Waals surface area contributed by atoms with E-state index in [0.717, 1.165) is 6.42 Å². The first-order valence-electron chi connectivity index (χ1n) is 4.99. The van der Waals surface area contributed by atoms with Crippen LogP contribution in [0.2, 0.25) is 10.4 Å². The summed E-state index contributed by atoms with van der Waals surface area (Å²) in [5.74, 6) is 1.17. The van der Waals surface area contributed by atoms with Gasteiger partial charge in [0.05, 0.1) is 0 Å². The van der Waals surface area contributed by atoms with Gasteiger partial charge in [0.2, 0.25) is 5.28 Å². The molecule has 15 heavy (non-hydrogen) atoms. The molecule has 1 aliphatic rings. The highest BCUT2D eigenvalue weighted by molar-refractivity contribution is 6.32. The molecule has 1 N–H and O–H groups in total. The number of halogens is 2. The lowest BCUT2D eigenvalue weighted by Crippen LogP contribution is -2.23. The smallest absolute Gasteiger partial charge is 0.245 e. The number of hydrogen-bond donors (Lipinski definition) is 1. The number of rotatable bonds is 2. The Morgan fingerprint density at radius 2 is 2.07 bits per heavy atom. The van der Waals surface area contributed by atoms with Gasteiger partial charge in [0, 0.05) is 6.04 Å². The standard InChI is InChI=1S/C9H12Cl2N4/c1-5-3-2-4-6(5)12-8-7(10)14-15-9(11)13-8/h5-6H,2-4H2,1H3,(H,12,13,15). The zero-order chi connectivity index (χ0) is 10.8. The third-order valence-corrected chi connectivity index (χ3v) is 3.22. The van der Waals surface area contributed by atoms with Crippen LogP contribution in [0.15, 0.2) is 0 Å². The summed E-state index contributed by atoms with van der Waals surface area (Å²) in [5.41, 5.74) is 0. The van der Waals surface area contributed by atoms with Crippen LogP contribution in [0, 0.1) is 5.92 Å². The van der Waals surface area contributed by atoms with E-state index in [1.807, 2.05) is 0 Å². The van der Waals surface area contributed by atoms with Crippen LogP contribution in [-0.2, 0) is 0 Å². The molecule has 82 valence electrons. The van der Waals surface area contributed by atoms with E-state index in [0.29, 0.717) is 17.8 Å². The lowest BCUT2D eigenvalue weighted by molar-refractivity contribution is 0.554. The SMILES string of the molecule is CC1CCCC1Nc1nc(Cl)nnc1Cl. The zero-order valence-corrected chi connectivity index (χ0v) is 9.89. The van der Waals surface area contributed by atoms with Crippen molar-refractivity contribution in [3.05, 3.63) is 10.4 Å². The Kier molecular flexibility index (Phi) is 3.26. The molecular formula is C9H12Cl2N4. The molecule has 0 spiro atoms. The fraction of sp³-hybridized carbons (Fsp3) is 0.667. The lowest BCUT2D eigenvalue weighted by Gasteiger charge is -2.17. The topological polar surface area (TPSA) is 50.7 Å². The molecule has 1 saturated carbocycles. The Bertz CT molecular complexity index is 358. The van der Waals surface area contributed by atoms with E-state index in [-0.39, 0.29) is 10.4 Å². The van der Waals surface area contributed by atoms with Gasteiger partial charge in [-0.3, -0.25) is 0 Å². The van der Waals surface area contributed by atoms with Gasteiger partial charge >= 0.3 is 0 Å². The van der Waals surface area contributed by atoms with Crippen molar-refractivity contribution in [1.82, 2.24) is 15.2 Å². The molecule has 0 aromatic carbocycles. The van der Waals surface area contributed by atoms with Gasteiger partial charge in [0.15, 0.2) is 11.0 Å². The van der Waals surface area contributed by atoms with Crippen LogP contribution >= 0.6 is 23.2 Å². The quantitative estimate of drug-likeness (QED) is 0.872. The molecule has 0 saturated heterocycles. The molecule has 1 aromatic rings. The normalized spacial score (nSPS) is 25.5. The predicted octanol–water partition coefficient (Wildman–Crippen LogP) is 2.78. The third kappa shape index (κ3) is 2.49. The molecule has 2 unspecified atom stereocenters. The largest absolute Gasteiger partial charge is 0.364 e. The van der Waals surface area contributed by atoms with E-state index in [4.69, 9.17) is 23.2 Å². The first-order chi connectivity index (χ1) is 7.16. The van der Waals surface area contributed by atoms with Crippen LogP contribution in [0.1, 0.15) is 26.2 Å². The van der Waals surface area contributed by atoms with Gasteiger partial charge in [-0.2, -0.15) is 4.98 Å². The van der Waals surface area contributed by atoms with Gasteiger partial charge in [-0.25, -0.2) is 0 Å². The Balaban J connectivity index is 2.12. The van der Waals surface area contributed by atoms with Crippen molar-refractivity contribution in [3.8, 4) is 0 Å². The van der Waals surface area contributed by atoms with Crippen LogP contribution in [0.25, 0.3) is 0 Å². The number of hydrogen-bond acceptors (Lipinski definition) is 4. The molecule has 4 nitrogen and oxygen atoms in total. The summed E-state index contributed by atoms with van der Waals surface area (Å²) in [6.07, 6.45) is 3.61. The molecule has 1 heterocycles. The van der Waals surface area contributed by atoms with Crippen molar-refractivity contribution in [2.24, 2.45) is 5.92 Å². The first kappa shape index (κ1) is 10.9. The monoisotopic (exact) mass is 246 g/mol. The molecule has 2 rings (SSSR count). The summed E-state index contributed by atoms with van der Waals surface area (Å²) in [4.78, 5) is 4.02. The maximum atomic E-state index is 5.87. The van der Waals surface area contributed by atoms with E-state index in [1.54, 1.807) is 0 Å². The minimum atomic E-state index is 0.118. The zero-order valence-electron chi connectivity index (χ0n) is 8.37. The van der Waals surface area contributed by atoms with E-state index in [9.17, 15) is 0 Å². The Morgan fingerprint density at radius 1 is 1.27 bits per heavy atom. The van der Waals surface area contributed by atoms with E-state index in [1.165, 1.54) is 12.8 Å². The minimum Gasteiger partial charge on any atom is -0.364 e. The molecule has 1 fully saturated rings. The first-order valence-corrected chi connectivity index (χ1v) is 5.74. The second kappa shape index (κ2) is 4.49. The number of nitrogens with zero attached hydrogens (tertiary/aromatic N) is 3. The van der Waals surface area contributed by atoms with Crippen molar-refractivity contribution in [1.29, 1.82) is 0 Å². The van der Waals surface area contributed by atoms with E-state index >= 15 is 0 Å². The summed E-state index contributed by atoms with van der Waals surface area (Å²) >= 11 is 11.5. The molecule has 1 aromatic heterocycles.